The van der Waals surface area contributed by atoms with Gasteiger partial charge < -0.3 is 15.0 Å². The van der Waals surface area contributed by atoms with Gasteiger partial charge in [0, 0.05) is 0 Å². The van der Waals surface area contributed by atoms with E-state index in [4.69, 9.17) is 23.0 Å². The van der Waals surface area contributed by atoms with Crippen molar-refractivity contribution >= 4 is 21.6 Å². The predicted octanol–water partition coefficient (Wildman–Crippen LogP) is -13.1. The fraction of sp³-hybridized carbons (Fsp3) is 0. The van der Waals surface area contributed by atoms with Crippen LogP contribution in [0.4, 0.5) is 4.79 Å². The quantitative estimate of drug-likeness (QED) is 0.388. The molecule has 40 valence electrons. The number of rotatable bonds is 0. The van der Waals surface area contributed by atoms with Crippen LogP contribution in [0, 0.1) is 0 Å². The van der Waals surface area contributed by atoms with Crippen molar-refractivity contribution in [3.63, 3.8) is 0 Å². The summed E-state index contributed by atoms with van der Waals surface area (Å²) in [5.74, 6) is 0. The van der Waals surface area contributed by atoms with Crippen LogP contribution in [-0.4, -0.2) is 21.6 Å². The Labute approximate surface area is 192 Å². The van der Waals surface area contributed by atoms with E-state index in [1.165, 1.54) is 0 Å². The van der Waals surface area contributed by atoms with Crippen molar-refractivity contribution < 1.29 is 177 Å². The molecule has 10 heavy (non-hydrogen) atoms. The molecule has 0 aliphatic carbocycles. The van der Waals surface area contributed by atoms with Crippen LogP contribution in [0.1, 0.15) is 0 Å². The molecule has 0 aromatic heterocycles. The van der Waals surface area contributed by atoms with Crippen LogP contribution in [0.2, 0.25) is 0 Å². The van der Waals surface area contributed by atoms with E-state index in [2.05, 4.69) is 0 Å². The second kappa shape index (κ2) is 29.2. The summed E-state index contributed by atoms with van der Waals surface area (Å²) >= 11 is -1.75. The van der Waals surface area contributed by atoms with Crippen LogP contribution in [0.25, 0.3) is 0 Å². The van der Waals surface area contributed by atoms with Gasteiger partial charge in [-0.1, -0.05) is 0 Å². The molecule has 0 spiro atoms. The molecule has 0 radical (unpaired) electrons. The molecule has 0 aliphatic rings. The van der Waals surface area contributed by atoms with Gasteiger partial charge >= 0.3 is 178 Å². The summed E-state index contributed by atoms with van der Waals surface area (Å²) in [5, 5.41) is 16.7. The molecule has 0 aromatic carbocycles. The molecular formula is CAlK3O5. The molecule has 0 rings (SSSR count). The van der Waals surface area contributed by atoms with Gasteiger partial charge in [0.2, 0.25) is 0 Å². The third kappa shape index (κ3) is 84.7. The standard InChI is InChI=1S/CH2O3.Al.3K.2O/c2-1(3)4;;;;;;/h(H2,2,3,4);;;;;;/q;;3*+1;;-1/p-2. The summed E-state index contributed by atoms with van der Waals surface area (Å²) < 4.78 is 16.9. The molecule has 0 aliphatic heterocycles. The molecule has 0 N–H and O–H groups in total. The summed E-state index contributed by atoms with van der Waals surface area (Å²) in [6.07, 6.45) is -2.33. The van der Waals surface area contributed by atoms with Crippen LogP contribution >= 0.6 is 0 Å². The summed E-state index contributed by atoms with van der Waals surface area (Å²) in [6, 6.07) is 0. The molecule has 0 aromatic rings. The third-order valence-corrected chi connectivity index (χ3v) is 0. The Kier molecular flexibility index (Phi) is 85.4. The van der Waals surface area contributed by atoms with E-state index in [0.29, 0.717) is 0 Å². The number of carbonyl (C=O) groups is 1. The second-order valence-electron chi connectivity index (χ2n) is 0.346. The maximum absolute atomic E-state index is 8.46. The Hall–Kier alpha value is 4.31. The fourth-order valence-electron chi connectivity index (χ4n) is 0. The first-order chi connectivity index (χ1) is 3.15. The molecule has 0 bridgehead atoms. The molecular weight excluding hydrogens is 236 g/mol. The molecule has 0 saturated heterocycles. The maximum atomic E-state index is 8.46. The van der Waals surface area contributed by atoms with Gasteiger partial charge in [-0.25, -0.2) is 0 Å². The predicted molar refractivity (Wildman–Crippen MR) is 11.8 cm³/mol. The third-order valence-electron chi connectivity index (χ3n) is 0. The topological polar surface area (TPSA) is 103 Å². The Morgan fingerprint density at radius 2 is 1.10 bits per heavy atom. The number of hydrogen-bond acceptors (Lipinski definition) is 5. The molecule has 0 amide bonds. The van der Waals surface area contributed by atoms with E-state index < -0.39 is 21.6 Å². The summed E-state index contributed by atoms with van der Waals surface area (Å²) in [5.41, 5.74) is 0. The number of hydrogen-bond donors (Lipinski definition) is 0. The van der Waals surface area contributed by atoms with Gasteiger partial charge in [0.1, 0.15) is 0 Å². The SMILES string of the molecule is O=C([O-])[O-].[K+].[K+].[K+].[O]=[Al][O-]. The minimum absolute atomic E-state index is 0. The average Bonchev–Trinajstić information content (AvgIpc) is 1.33. The first kappa shape index (κ1) is 29.2. The number of carbonyl (C=O) groups excluding carboxylic acids is 1. The van der Waals surface area contributed by atoms with Gasteiger partial charge in [-0.3, -0.25) is 0 Å². The van der Waals surface area contributed by atoms with Gasteiger partial charge in [0.15, 0.2) is 0 Å². The van der Waals surface area contributed by atoms with Crippen molar-refractivity contribution in [1.82, 2.24) is 0 Å². The zero-order valence-corrected chi connectivity index (χ0v) is 16.6. The van der Waals surface area contributed by atoms with Gasteiger partial charge in [-0.2, -0.15) is 0 Å². The zero-order valence-electron chi connectivity index (χ0n) is 6.12. The van der Waals surface area contributed by atoms with Crippen LogP contribution < -0.4 is 169 Å². The molecule has 0 heterocycles. The monoisotopic (exact) mass is 236 g/mol. The van der Waals surface area contributed by atoms with Gasteiger partial charge in [0.05, 0.1) is 0 Å². The molecule has 0 atom stereocenters. The zero-order chi connectivity index (χ0) is 6.28. The van der Waals surface area contributed by atoms with Crippen molar-refractivity contribution in [3.05, 3.63) is 0 Å². The van der Waals surface area contributed by atoms with E-state index in [9.17, 15) is 0 Å². The van der Waals surface area contributed by atoms with Crippen molar-refractivity contribution in [2.75, 3.05) is 0 Å². The number of carboxylic acid groups (broad SMARTS) is 2. The summed E-state index contributed by atoms with van der Waals surface area (Å²) in [7, 11) is 0. The Morgan fingerprint density at radius 3 is 1.10 bits per heavy atom. The Morgan fingerprint density at radius 1 is 1.10 bits per heavy atom. The van der Waals surface area contributed by atoms with Crippen molar-refractivity contribution in [3.8, 4) is 0 Å². The van der Waals surface area contributed by atoms with E-state index in [1.807, 2.05) is 0 Å². The van der Waals surface area contributed by atoms with E-state index in [0.717, 1.165) is 0 Å². The minimum atomic E-state index is -2.33. The van der Waals surface area contributed by atoms with Crippen LogP contribution in [0.15, 0.2) is 0 Å². The Bertz CT molecular complexity index is 63.9. The first-order valence-corrected chi connectivity index (χ1v) is 2.03. The van der Waals surface area contributed by atoms with E-state index >= 15 is 0 Å². The van der Waals surface area contributed by atoms with Crippen molar-refractivity contribution in [1.29, 1.82) is 0 Å². The van der Waals surface area contributed by atoms with Gasteiger partial charge in [-0.15, -0.1) is 0 Å². The first-order valence-electron chi connectivity index (χ1n) is 1.08. The van der Waals surface area contributed by atoms with E-state index in [1.54, 1.807) is 0 Å². The molecule has 0 saturated carbocycles. The van der Waals surface area contributed by atoms with Crippen LogP contribution in [-0.2, 0) is 3.80 Å². The van der Waals surface area contributed by atoms with Gasteiger partial charge in [0.25, 0.3) is 0 Å². The second-order valence-corrected chi connectivity index (χ2v) is 0.539. The fourth-order valence-corrected chi connectivity index (χ4v) is 0. The normalized spacial score (nSPS) is 3.20. The van der Waals surface area contributed by atoms with Crippen LogP contribution in [0.5, 0.6) is 0 Å². The van der Waals surface area contributed by atoms with Crippen molar-refractivity contribution in [2.24, 2.45) is 0 Å². The molecule has 5 nitrogen and oxygen atoms in total. The Balaban J connectivity index is -0.0000000131. The molecule has 0 unspecified atom stereocenters. The summed E-state index contributed by atoms with van der Waals surface area (Å²) in [6.45, 7) is 0. The van der Waals surface area contributed by atoms with Crippen molar-refractivity contribution in [2.45, 2.75) is 0 Å². The molecule has 0 fully saturated rings. The molecule has 9 heteroatoms. The van der Waals surface area contributed by atoms with E-state index in [-0.39, 0.29) is 154 Å². The summed E-state index contributed by atoms with van der Waals surface area (Å²) in [4.78, 5) is 8.33. The van der Waals surface area contributed by atoms with Gasteiger partial charge in [-0.05, 0) is 6.16 Å². The average molecular weight is 236 g/mol. The van der Waals surface area contributed by atoms with Crippen LogP contribution in [0.3, 0.4) is 0 Å².